The largest absolute Gasteiger partial charge is 0.378 e. The van der Waals surface area contributed by atoms with Crippen molar-refractivity contribution >= 4 is 0 Å². The van der Waals surface area contributed by atoms with Crippen LogP contribution in [0, 0.1) is 52.3 Å². The lowest BCUT2D eigenvalue weighted by molar-refractivity contribution is -0.136. The molecule has 0 radical (unpaired) electrons. The van der Waals surface area contributed by atoms with Crippen LogP contribution in [0.15, 0.2) is 0 Å². The molecule has 33 heavy (non-hydrogen) atoms. The zero-order chi connectivity index (χ0) is 23.6. The second-order valence-corrected chi connectivity index (χ2v) is 14.2. The molecule has 4 rings (SSSR count). The molecule has 0 aliphatic heterocycles. The number of fused-ring (bicyclic) bond motifs is 5. The Morgan fingerprint density at radius 1 is 0.788 bits per heavy atom. The molecule has 0 aromatic carbocycles. The van der Waals surface area contributed by atoms with Crippen molar-refractivity contribution in [1.82, 2.24) is 0 Å². The van der Waals surface area contributed by atoms with Crippen LogP contribution < -0.4 is 0 Å². The summed E-state index contributed by atoms with van der Waals surface area (Å²) in [6, 6.07) is 0. The molecule has 0 aromatic rings. The van der Waals surface area contributed by atoms with Crippen LogP contribution in [-0.4, -0.2) is 12.7 Å². The van der Waals surface area contributed by atoms with E-state index < -0.39 is 0 Å². The van der Waals surface area contributed by atoms with E-state index in [-0.39, 0.29) is 0 Å². The average Bonchev–Trinajstić information content (AvgIpc) is 3.14. The van der Waals surface area contributed by atoms with Gasteiger partial charge in [0.2, 0.25) is 0 Å². The lowest BCUT2D eigenvalue weighted by Gasteiger charge is -2.61. The first-order chi connectivity index (χ1) is 15.8. The summed E-state index contributed by atoms with van der Waals surface area (Å²) < 4.78 is 6.39. The zero-order valence-corrected chi connectivity index (χ0v) is 23.3. The number of rotatable bonds is 10. The lowest BCUT2D eigenvalue weighted by atomic mass is 9.44. The Labute approximate surface area is 207 Å². The maximum absolute atomic E-state index is 6.39. The molecule has 4 aliphatic carbocycles. The quantitative estimate of drug-likeness (QED) is 0.296. The Kier molecular flexibility index (Phi) is 8.62. The highest BCUT2D eigenvalue weighted by Gasteiger charge is 2.60. The van der Waals surface area contributed by atoms with Crippen molar-refractivity contribution in [1.29, 1.82) is 0 Å². The molecule has 0 heterocycles. The van der Waals surface area contributed by atoms with Gasteiger partial charge in [-0.1, -0.05) is 73.6 Å². The van der Waals surface area contributed by atoms with E-state index in [0.717, 1.165) is 48.0 Å². The van der Waals surface area contributed by atoms with E-state index >= 15 is 0 Å². The second-order valence-electron chi connectivity index (χ2n) is 14.2. The van der Waals surface area contributed by atoms with Gasteiger partial charge in [-0.2, -0.15) is 0 Å². The van der Waals surface area contributed by atoms with Crippen LogP contribution in [0.1, 0.15) is 138 Å². The molecular formula is C32H58O. The first kappa shape index (κ1) is 26.0. The van der Waals surface area contributed by atoms with Gasteiger partial charge in [0.05, 0.1) is 6.10 Å². The third-order valence-corrected chi connectivity index (χ3v) is 11.9. The normalized spacial score (nSPS) is 43.7. The Balaban J connectivity index is 1.36. The molecule has 0 saturated heterocycles. The molecule has 9 atom stereocenters. The number of hydrogen-bond donors (Lipinski definition) is 0. The Bertz CT molecular complexity index is 612. The summed E-state index contributed by atoms with van der Waals surface area (Å²) in [5.41, 5.74) is 1.25. The van der Waals surface area contributed by atoms with Gasteiger partial charge in [-0.25, -0.2) is 0 Å². The van der Waals surface area contributed by atoms with E-state index in [0.29, 0.717) is 16.9 Å². The summed E-state index contributed by atoms with van der Waals surface area (Å²) in [5, 5.41) is 0. The predicted octanol–water partition coefficient (Wildman–Crippen LogP) is 9.68. The van der Waals surface area contributed by atoms with Crippen LogP contribution >= 0.6 is 0 Å². The van der Waals surface area contributed by atoms with Crippen LogP contribution in [0.3, 0.4) is 0 Å². The average molecular weight is 459 g/mol. The van der Waals surface area contributed by atoms with Gasteiger partial charge in [-0.3, -0.25) is 0 Å². The highest BCUT2D eigenvalue weighted by atomic mass is 16.5. The standard InChI is InChI=1S/C32H58O/c1-7-8-9-21-33-26-17-19-31(5)25(22-26)13-14-27-29-16-15-28(24(4)12-10-11-23(2)3)32(29,6)20-18-30(27)31/h23-30H,7-22H2,1-6H3/t24-,25+,26+,27+,28-,29+,30+,31+,32-/m1/s1. The topological polar surface area (TPSA) is 9.23 Å². The van der Waals surface area contributed by atoms with E-state index in [4.69, 9.17) is 4.74 Å². The highest BCUT2D eigenvalue weighted by molar-refractivity contribution is 5.09. The first-order valence-corrected chi connectivity index (χ1v) is 15.4. The molecule has 0 amide bonds. The molecule has 1 nitrogen and oxygen atoms in total. The molecule has 0 bridgehead atoms. The van der Waals surface area contributed by atoms with Gasteiger partial charge in [-0.15, -0.1) is 0 Å². The van der Waals surface area contributed by atoms with Crippen molar-refractivity contribution in [3.8, 4) is 0 Å². The van der Waals surface area contributed by atoms with Crippen LogP contribution in [-0.2, 0) is 4.74 Å². The number of ether oxygens (including phenoxy) is 1. The highest BCUT2D eigenvalue weighted by Crippen LogP contribution is 2.68. The van der Waals surface area contributed by atoms with Crippen molar-refractivity contribution in [2.45, 2.75) is 144 Å². The van der Waals surface area contributed by atoms with Crippen LogP contribution in [0.2, 0.25) is 0 Å². The van der Waals surface area contributed by atoms with E-state index in [9.17, 15) is 0 Å². The summed E-state index contributed by atoms with van der Waals surface area (Å²) in [6.45, 7) is 16.2. The summed E-state index contributed by atoms with van der Waals surface area (Å²) in [6.07, 6.45) is 22.1. The summed E-state index contributed by atoms with van der Waals surface area (Å²) in [5.74, 6) is 6.78. The Morgan fingerprint density at radius 2 is 1.55 bits per heavy atom. The molecule has 192 valence electrons. The molecule has 0 spiro atoms. The van der Waals surface area contributed by atoms with Crippen molar-refractivity contribution < 1.29 is 4.74 Å². The molecule has 4 fully saturated rings. The van der Waals surface area contributed by atoms with E-state index in [1.165, 1.54) is 89.9 Å². The predicted molar refractivity (Wildman–Crippen MR) is 142 cm³/mol. The van der Waals surface area contributed by atoms with Gasteiger partial charge in [0.25, 0.3) is 0 Å². The van der Waals surface area contributed by atoms with Crippen LogP contribution in [0.5, 0.6) is 0 Å². The molecular weight excluding hydrogens is 400 g/mol. The monoisotopic (exact) mass is 458 g/mol. The van der Waals surface area contributed by atoms with E-state index in [2.05, 4.69) is 41.5 Å². The van der Waals surface area contributed by atoms with Gasteiger partial charge < -0.3 is 4.74 Å². The maximum atomic E-state index is 6.39. The van der Waals surface area contributed by atoms with Crippen LogP contribution in [0.25, 0.3) is 0 Å². The fraction of sp³-hybridized carbons (Fsp3) is 1.00. The van der Waals surface area contributed by atoms with Gasteiger partial charge >= 0.3 is 0 Å². The molecule has 0 N–H and O–H groups in total. The molecule has 0 unspecified atom stereocenters. The summed E-state index contributed by atoms with van der Waals surface area (Å²) >= 11 is 0. The fourth-order valence-electron chi connectivity index (χ4n) is 10.00. The van der Waals surface area contributed by atoms with Gasteiger partial charge in [0.15, 0.2) is 0 Å². The SMILES string of the molecule is CCCCCO[C@H]1CC[C@@]2(C)[C@@H](CC[C@@H]3[C@@H]2CC[C@]2(C)[C@@H]([C@H](C)CCCC(C)C)CC[C@@H]32)C1. The zero-order valence-electron chi connectivity index (χ0n) is 23.3. The summed E-state index contributed by atoms with van der Waals surface area (Å²) in [7, 11) is 0. The molecule has 0 aromatic heterocycles. The van der Waals surface area contributed by atoms with Gasteiger partial charge in [0.1, 0.15) is 0 Å². The molecule has 1 heteroatoms. The van der Waals surface area contributed by atoms with Gasteiger partial charge in [-0.05, 0) is 116 Å². The third kappa shape index (κ3) is 5.24. The van der Waals surface area contributed by atoms with E-state index in [1.54, 1.807) is 6.42 Å². The van der Waals surface area contributed by atoms with Crippen molar-refractivity contribution in [3.05, 3.63) is 0 Å². The van der Waals surface area contributed by atoms with E-state index in [1.807, 2.05) is 0 Å². The smallest absolute Gasteiger partial charge is 0.0578 e. The number of unbranched alkanes of at least 4 members (excludes halogenated alkanes) is 2. The third-order valence-electron chi connectivity index (χ3n) is 11.9. The van der Waals surface area contributed by atoms with Crippen LogP contribution in [0.4, 0.5) is 0 Å². The summed E-state index contributed by atoms with van der Waals surface area (Å²) in [4.78, 5) is 0. The van der Waals surface area contributed by atoms with Crippen molar-refractivity contribution in [2.24, 2.45) is 52.3 Å². The number of hydrogen-bond acceptors (Lipinski definition) is 1. The molecule has 4 aliphatic rings. The minimum Gasteiger partial charge on any atom is -0.378 e. The minimum atomic E-state index is 0.563. The van der Waals surface area contributed by atoms with Crippen molar-refractivity contribution in [3.63, 3.8) is 0 Å². The second kappa shape index (κ2) is 10.9. The maximum Gasteiger partial charge on any atom is 0.0578 e. The van der Waals surface area contributed by atoms with Gasteiger partial charge in [0, 0.05) is 6.61 Å². The molecule has 4 saturated carbocycles. The Morgan fingerprint density at radius 3 is 2.30 bits per heavy atom. The minimum absolute atomic E-state index is 0.563. The van der Waals surface area contributed by atoms with Crippen molar-refractivity contribution in [2.75, 3.05) is 6.61 Å². The lowest BCUT2D eigenvalue weighted by Crippen LogP contribution is -2.54. The fourth-order valence-corrected chi connectivity index (χ4v) is 10.00. The first-order valence-electron chi connectivity index (χ1n) is 15.4. The Hall–Kier alpha value is -0.0400.